The van der Waals surface area contributed by atoms with Gasteiger partial charge in [-0.3, -0.25) is 14.6 Å². The molecule has 1 fully saturated rings. The highest BCUT2D eigenvalue weighted by molar-refractivity contribution is 6.02. The number of rotatable bonds is 6. The third-order valence-corrected chi connectivity index (χ3v) is 5.52. The standard InChI is InChI=1S/C24H20F2N4O2/c25-24(26)11-18(12-27)30(15-24)23(32)8-7-22(31)20-9-10-28-13-16(20)5-6-17-14-29-21-4-2-1-3-19(17)21/h1-6,9-10,13-14,18,29H,7-8,11,15H2/b6-5+/t18-/m0/s1. The second-order valence-corrected chi connectivity index (χ2v) is 7.74. The number of aromatic nitrogens is 2. The number of ketones is 1. The Kier molecular flexibility index (Phi) is 5.82. The average molecular weight is 434 g/mol. The fraction of sp³-hybridized carbons (Fsp3) is 0.250. The van der Waals surface area contributed by atoms with Crippen LogP contribution in [0.15, 0.2) is 48.9 Å². The third-order valence-electron chi connectivity index (χ3n) is 5.52. The summed E-state index contributed by atoms with van der Waals surface area (Å²) in [5, 5.41) is 10.1. The van der Waals surface area contributed by atoms with Crippen LogP contribution in [0.1, 0.15) is 40.7 Å². The van der Waals surface area contributed by atoms with Crippen LogP contribution in [0.25, 0.3) is 23.1 Å². The predicted octanol–water partition coefficient (Wildman–Crippen LogP) is 4.46. The number of nitrogens with zero attached hydrogens (tertiary/aromatic N) is 3. The summed E-state index contributed by atoms with van der Waals surface area (Å²) < 4.78 is 27.2. The van der Waals surface area contributed by atoms with E-state index in [0.29, 0.717) is 11.1 Å². The molecule has 1 N–H and O–H groups in total. The van der Waals surface area contributed by atoms with Gasteiger partial charge in [-0.2, -0.15) is 5.26 Å². The number of alkyl halides is 2. The minimum Gasteiger partial charge on any atom is -0.361 e. The van der Waals surface area contributed by atoms with E-state index in [1.54, 1.807) is 24.4 Å². The molecule has 0 saturated carbocycles. The fourth-order valence-corrected chi connectivity index (χ4v) is 3.90. The predicted molar refractivity (Wildman–Crippen MR) is 116 cm³/mol. The molecule has 32 heavy (non-hydrogen) atoms. The summed E-state index contributed by atoms with van der Waals surface area (Å²) in [4.78, 5) is 33.3. The number of nitriles is 1. The van der Waals surface area contributed by atoms with Crippen LogP contribution in [0.2, 0.25) is 0 Å². The van der Waals surface area contributed by atoms with Gasteiger partial charge in [0.1, 0.15) is 6.04 Å². The maximum Gasteiger partial charge on any atom is 0.268 e. The number of H-pyrrole nitrogens is 1. The zero-order valence-electron chi connectivity index (χ0n) is 17.1. The van der Waals surface area contributed by atoms with E-state index >= 15 is 0 Å². The Morgan fingerprint density at radius 3 is 2.81 bits per heavy atom. The summed E-state index contributed by atoms with van der Waals surface area (Å²) in [5.74, 6) is -3.99. The number of para-hydroxylation sites is 1. The molecule has 4 rings (SSSR count). The normalized spacial score (nSPS) is 17.7. The van der Waals surface area contributed by atoms with E-state index in [1.807, 2.05) is 36.5 Å². The van der Waals surface area contributed by atoms with E-state index in [0.717, 1.165) is 21.4 Å². The number of hydrogen-bond acceptors (Lipinski definition) is 4. The summed E-state index contributed by atoms with van der Waals surface area (Å²) in [6.45, 7) is -0.786. The van der Waals surface area contributed by atoms with Gasteiger partial charge in [0.2, 0.25) is 5.91 Å². The number of fused-ring (bicyclic) bond motifs is 1. The topological polar surface area (TPSA) is 89.8 Å². The molecule has 0 bridgehead atoms. The van der Waals surface area contributed by atoms with Crippen LogP contribution in [0.3, 0.4) is 0 Å². The molecule has 2 aromatic heterocycles. The number of nitrogens with one attached hydrogen (secondary N) is 1. The monoisotopic (exact) mass is 434 g/mol. The Hall–Kier alpha value is -3.86. The van der Waals surface area contributed by atoms with Gasteiger partial charge in [-0.15, -0.1) is 0 Å². The van der Waals surface area contributed by atoms with Crippen molar-refractivity contribution in [1.82, 2.24) is 14.9 Å². The van der Waals surface area contributed by atoms with Gasteiger partial charge >= 0.3 is 0 Å². The van der Waals surface area contributed by atoms with Crippen LogP contribution in [-0.4, -0.2) is 45.1 Å². The lowest BCUT2D eigenvalue weighted by Gasteiger charge is -2.18. The van der Waals surface area contributed by atoms with Crippen LogP contribution >= 0.6 is 0 Å². The zero-order valence-corrected chi connectivity index (χ0v) is 17.1. The lowest BCUT2D eigenvalue weighted by Crippen LogP contribution is -2.36. The van der Waals surface area contributed by atoms with E-state index < -0.39 is 30.8 Å². The molecule has 3 heterocycles. The van der Waals surface area contributed by atoms with Crippen molar-refractivity contribution in [3.63, 3.8) is 0 Å². The van der Waals surface area contributed by atoms with Crippen LogP contribution in [-0.2, 0) is 4.79 Å². The highest BCUT2D eigenvalue weighted by atomic mass is 19.3. The van der Waals surface area contributed by atoms with E-state index in [9.17, 15) is 18.4 Å². The SMILES string of the molecule is N#C[C@@H]1CC(F)(F)CN1C(=O)CCC(=O)c1ccncc1/C=C/c1c[nH]c2ccccc12. The van der Waals surface area contributed by atoms with Crippen molar-refractivity contribution in [3.8, 4) is 6.07 Å². The Morgan fingerprint density at radius 1 is 1.22 bits per heavy atom. The Labute approximate surface area is 183 Å². The van der Waals surface area contributed by atoms with Crippen LogP contribution < -0.4 is 0 Å². The van der Waals surface area contributed by atoms with Crippen molar-refractivity contribution in [3.05, 3.63) is 65.6 Å². The number of aromatic amines is 1. The lowest BCUT2D eigenvalue weighted by atomic mass is 10.0. The number of carbonyl (C=O) groups excluding carboxylic acids is 2. The van der Waals surface area contributed by atoms with E-state index in [1.165, 1.54) is 6.20 Å². The first-order chi connectivity index (χ1) is 15.4. The van der Waals surface area contributed by atoms with Gasteiger partial charge in [0.25, 0.3) is 5.92 Å². The maximum absolute atomic E-state index is 13.6. The Morgan fingerprint density at radius 2 is 2.00 bits per heavy atom. The Bertz CT molecular complexity index is 1240. The van der Waals surface area contributed by atoms with Gasteiger partial charge in [0, 0.05) is 59.9 Å². The second kappa shape index (κ2) is 8.71. The molecule has 1 aromatic carbocycles. The van der Waals surface area contributed by atoms with Crippen molar-refractivity contribution in [2.45, 2.75) is 31.2 Å². The highest BCUT2D eigenvalue weighted by Gasteiger charge is 2.47. The van der Waals surface area contributed by atoms with Gasteiger partial charge < -0.3 is 9.88 Å². The number of amides is 1. The van der Waals surface area contributed by atoms with Gasteiger partial charge in [0.05, 0.1) is 12.6 Å². The van der Waals surface area contributed by atoms with E-state index in [-0.39, 0.29) is 18.6 Å². The maximum atomic E-state index is 13.6. The van der Waals surface area contributed by atoms with Gasteiger partial charge in [-0.05, 0) is 17.7 Å². The number of pyridine rings is 1. The molecule has 162 valence electrons. The molecule has 8 heteroatoms. The largest absolute Gasteiger partial charge is 0.361 e. The molecule has 0 aliphatic carbocycles. The van der Waals surface area contributed by atoms with Crippen LogP contribution in [0.4, 0.5) is 8.78 Å². The summed E-state index contributed by atoms with van der Waals surface area (Å²) in [6, 6.07) is 9.99. The summed E-state index contributed by atoms with van der Waals surface area (Å²) >= 11 is 0. The van der Waals surface area contributed by atoms with Crippen LogP contribution in [0.5, 0.6) is 0 Å². The number of likely N-dealkylation sites (tertiary alicyclic amines) is 1. The molecule has 1 aliphatic heterocycles. The zero-order chi connectivity index (χ0) is 22.7. The quantitative estimate of drug-likeness (QED) is 0.580. The van der Waals surface area contributed by atoms with Crippen molar-refractivity contribution in [2.24, 2.45) is 0 Å². The number of benzene rings is 1. The smallest absolute Gasteiger partial charge is 0.268 e. The molecule has 0 unspecified atom stereocenters. The molecular formula is C24H20F2N4O2. The Balaban J connectivity index is 1.46. The third kappa shape index (κ3) is 4.42. The van der Waals surface area contributed by atoms with Crippen molar-refractivity contribution < 1.29 is 18.4 Å². The minimum atomic E-state index is -3.08. The molecule has 6 nitrogen and oxygen atoms in total. The number of Topliss-reactive ketones (excluding diaryl/α,β-unsaturated/α-hetero) is 1. The van der Waals surface area contributed by atoms with Crippen molar-refractivity contribution >= 4 is 34.7 Å². The van der Waals surface area contributed by atoms with Crippen molar-refractivity contribution in [2.75, 3.05) is 6.54 Å². The van der Waals surface area contributed by atoms with E-state index in [4.69, 9.17) is 5.26 Å². The summed E-state index contributed by atoms with van der Waals surface area (Å²) in [7, 11) is 0. The van der Waals surface area contributed by atoms with Crippen LogP contribution in [0, 0.1) is 11.3 Å². The second-order valence-electron chi connectivity index (χ2n) is 7.74. The molecule has 1 saturated heterocycles. The van der Waals surface area contributed by atoms with Crippen molar-refractivity contribution in [1.29, 1.82) is 5.26 Å². The molecule has 1 amide bonds. The lowest BCUT2D eigenvalue weighted by molar-refractivity contribution is -0.132. The molecule has 1 atom stereocenters. The molecule has 0 radical (unpaired) electrons. The average Bonchev–Trinajstić information content (AvgIpc) is 3.35. The number of carbonyl (C=O) groups is 2. The number of hydrogen-bond donors (Lipinski definition) is 1. The summed E-state index contributed by atoms with van der Waals surface area (Å²) in [5.41, 5.74) is 2.94. The van der Waals surface area contributed by atoms with Gasteiger partial charge in [-0.25, -0.2) is 8.78 Å². The highest BCUT2D eigenvalue weighted by Crippen LogP contribution is 2.32. The van der Waals surface area contributed by atoms with E-state index in [2.05, 4.69) is 9.97 Å². The first-order valence-corrected chi connectivity index (χ1v) is 10.2. The first kappa shape index (κ1) is 21.4. The summed E-state index contributed by atoms with van der Waals surface area (Å²) in [6.07, 6.45) is 7.54. The molecule has 1 aliphatic rings. The first-order valence-electron chi connectivity index (χ1n) is 10.2. The van der Waals surface area contributed by atoms with Gasteiger partial charge in [0.15, 0.2) is 5.78 Å². The fourth-order valence-electron chi connectivity index (χ4n) is 3.90. The molecular weight excluding hydrogens is 414 g/mol. The minimum absolute atomic E-state index is 0.142. The molecule has 0 spiro atoms. The van der Waals surface area contributed by atoms with Gasteiger partial charge in [-0.1, -0.05) is 30.4 Å². The molecule has 3 aromatic rings. The number of halogens is 2.